The quantitative estimate of drug-likeness (QED) is 0.0818. The number of carbonyl (C=O) groups is 1. The minimum Gasteiger partial charge on any atom is -0.394 e. The van der Waals surface area contributed by atoms with E-state index in [1.54, 1.807) is 0 Å². The van der Waals surface area contributed by atoms with Crippen LogP contribution in [0.25, 0.3) is 0 Å². The lowest BCUT2D eigenvalue weighted by Gasteiger charge is -2.49. The van der Waals surface area contributed by atoms with Crippen molar-refractivity contribution in [1.82, 2.24) is 5.32 Å². The van der Waals surface area contributed by atoms with Crippen LogP contribution in [0.15, 0.2) is 0 Å². The number of rotatable bonds is 13. The molecule has 0 aromatic rings. The van der Waals surface area contributed by atoms with Gasteiger partial charge in [0.2, 0.25) is 5.91 Å². The number of nitrogens with one attached hydrogen (secondary N) is 1. The fraction of sp³-hybridized carbons (Fsp3) is 0.969. The highest BCUT2D eigenvalue weighted by molar-refractivity contribution is 5.73. The molecule has 1 amide bonds. The highest BCUT2D eigenvalue weighted by Crippen LogP contribution is 2.34. The van der Waals surface area contributed by atoms with E-state index in [-0.39, 0.29) is 0 Å². The zero-order chi connectivity index (χ0) is 42.9. The van der Waals surface area contributed by atoms with Crippen molar-refractivity contribution in [2.75, 3.05) is 26.4 Å². The van der Waals surface area contributed by atoms with E-state index in [0.29, 0.717) is 0 Å². The number of carbonyl (C=O) groups excluding carboxylic acids is 1. The molecule has 26 nitrogen and oxygen atoms in total. The Morgan fingerprint density at radius 1 is 0.483 bits per heavy atom. The monoisotopic (exact) mass is 853 g/mol. The Balaban J connectivity index is 1.34. The fourth-order valence-corrected chi connectivity index (χ4v) is 7.26. The molecule has 0 spiro atoms. The first-order valence-electron chi connectivity index (χ1n) is 18.5. The highest BCUT2D eigenvalue weighted by atomic mass is 16.8. The molecule has 5 heterocycles. The fourth-order valence-electron chi connectivity index (χ4n) is 7.26. The van der Waals surface area contributed by atoms with E-state index >= 15 is 0 Å². The number of aliphatic hydroxyl groups excluding tert-OH is 15. The molecule has 5 fully saturated rings. The molecule has 5 rings (SSSR count). The second kappa shape index (κ2) is 20.1. The van der Waals surface area contributed by atoms with Gasteiger partial charge in [-0.3, -0.25) is 4.79 Å². The molecule has 5 aliphatic rings. The Kier molecular flexibility index (Phi) is 16.5. The standard InChI is InChI=1S/C32H55NO25/c1-7-14(38)18(42)21(45)30(51-7)58-27-24(48)28(49)52-11(5-36)25(27)56-32-23(47)20(44)16(40)12(55-32)6-50-29-13(33-8(2)37)26(17(41)10(4-35)53-29)57-31-22(46)19(43)15(39)9(3-34)54-31/h7,9-32,34-36,38-49H,3-6H2,1-2H3,(H,33,37)/t7-,9+,10+,11+,12+,13+,14-,15-,16-,17+,18-,19-,20-,21+,22+,23+,24+,25+,26+,27+,28-,29+,30-,31-,32-/m0/s1. The van der Waals surface area contributed by atoms with Crippen LogP contribution in [0.3, 0.4) is 0 Å². The van der Waals surface area contributed by atoms with Crippen LogP contribution in [-0.4, -0.2) is 262 Å². The van der Waals surface area contributed by atoms with Crippen LogP contribution in [0.4, 0.5) is 0 Å². The van der Waals surface area contributed by atoms with Crippen LogP contribution in [0.5, 0.6) is 0 Å². The molecule has 5 aliphatic heterocycles. The Bertz CT molecular complexity index is 1310. The van der Waals surface area contributed by atoms with Crippen LogP contribution >= 0.6 is 0 Å². The third kappa shape index (κ3) is 9.91. The SMILES string of the molecule is CC(=O)N[C@H]1[C@H](OC[C@H]2O[C@@H](O[C@H]3[C@H](O[C@@H]4O[C@@H](C)[C@H](O)[C@H](O)[C@H]4O)[C@@H](O)[C@@H](O)O[C@@H]3CO)[C@H](O)[C@@H](O)[C@H]2O)O[C@H](CO)[C@@H](O)[C@@H]1O[C@@H]1O[C@H](CO)[C@H](O)[C@H](O)[C@H]1O. The lowest BCUT2D eigenvalue weighted by molar-refractivity contribution is -0.384. The van der Waals surface area contributed by atoms with Gasteiger partial charge in [0.15, 0.2) is 31.5 Å². The van der Waals surface area contributed by atoms with Gasteiger partial charge >= 0.3 is 0 Å². The maximum Gasteiger partial charge on any atom is 0.217 e. The van der Waals surface area contributed by atoms with Gasteiger partial charge in [0.05, 0.1) is 32.5 Å². The number of hydrogen-bond acceptors (Lipinski definition) is 25. The lowest BCUT2D eigenvalue weighted by Crippen LogP contribution is -2.68. The minimum atomic E-state index is -2.08. The summed E-state index contributed by atoms with van der Waals surface area (Å²) in [5.74, 6) is -0.747. The van der Waals surface area contributed by atoms with Crippen LogP contribution < -0.4 is 5.32 Å². The van der Waals surface area contributed by atoms with Crippen molar-refractivity contribution in [2.45, 2.75) is 167 Å². The summed E-state index contributed by atoms with van der Waals surface area (Å²) in [5.41, 5.74) is 0. The maximum atomic E-state index is 12.3. The molecule has 0 bridgehead atoms. The summed E-state index contributed by atoms with van der Waals surface area (Å²) in [5, 5.41) is 159. The van der Waals surface area contributed by atoms with Crippen molar-refractivity contribution in [1.29, 1.82) is 0 Å². The van der Waals surface area contributed by atoms with Gasteiger partial charge in [0, 0.05) is 6.92 Å². The molecule has 0 unspecified atom stereocenters. The summed E-state index contributed by atoms with van der Waals surface area (Å²) in [6, 6.07) is -1.54. The van der Waals surface area contributed by atoms with E-state index in [0.717, 1.165) is 6.92 Å². The summed E-state index contributed by atoms with van der Waals surface area (Å²) in [7, 11) is 0. The summed E-state index contributed by atoms with van der Waals surface area (Å²) in [4.78, 5) is 12.3. The molecule has 58 heavy (non-hydrogen) atoms. The molecular formula is C32H55NO25. The second-order valence-corrected chi connectivity index (χ2v) is 14.7. The molecular weight excluding hydrogens is 798 g/mol. The third-order valence-electron chi connectivity index (χ3n) is 10.7. The molecule has 338 valence electrons. The van der Waals surface area contributed by atoms with Gasteiger partial charge in [-0.1, -0.05) is 0 Å². The Morgan fingerprint density at radius 3 is 1.48 bits per heavy atom. The average molecular weight is 854 g/mol. The first kappa shape index (κ1) is 47.6. The summed E-state index contributed by atoms with van der Waals surface area (Å²) in [6.45, 7) is -1.02. The van der Waals surface area contributed by atoms with Gasteiger partial charge in [-0.25, -0.2) is 0 Å². The topological polar surface area (TPSA) is 416 Å². The molecule has 0 aromatic carbocycles. The van der Waals surface area contributed by atoms with Crippen molar-refractivity contribution in [2.24, 2.45) is 0 Å². The van der Waals surface area contributed by atoms with Gasteiger partial charge in [0.25, 0.3) is 0 Å². The maximum absolute atomic E-state index is 12.3. The molecule has 0 aromatic heterocycles. The van der Waals surface area contributed by atoms with Gasteiger partial charge in [-0.2, -0.15) is 0 Å². The largest absolute Gasteiger partial charge is 0.394 e. The summed E-state index contributed by atoms with van der Waals surface area (Å²) < 4.78 is 50.6. The number of aliphatic hydroxyl groups is 15. The first-order valence-corrected chi connectivity index (χ1v) is 18.5. The number of amides is 1. The minimum absolute atomic E-state index is 0.747. The van der Waals surface area contributed by atoms with Gasteiger partial charge in [-0.15, -0.1) is 0 Å². The predicted octanol–water partition coefficient (Wildman–Crippen LogP) is -10.8. The van der Waals surface area contributed by atoms with E-state index in [1.165, 1.54) is 6.92 Å². The second-order valence-electron chi connectivity index (χ2n) is 14.7. The summed E-state index contributed by atoms with van der Waals surface area (Å²) in [6.07, 6.45) is -42.6. The van der Waals surface area contributed by atoms with E-state index in [1.807, 2.05) is 0 Å². The van der Waals surface area contributed by atoms with E-state index in [9.17, 15) is 81.4 Å². The lowest BCUT2D eigenvalue weighted by atomic mass is 9.95. The number of hydrogen-bond donors (Lipinski definition) is 16. The van der Waals surface area contributed by atoms with Crippen LogP contribution in [0.1, 0.15) is 13.8 Å². The van der Waals surface area contributed by atoms with Gasteiger partial charge in [-0.05, 0) is 6.92 Å². The van der Waals surface area contributed by atoms with Crippen LogP contribution in [-0.2, 0) is 47.4 Å². The van der Waals surface area contributed by atoms with Crippen molar-refractivity contribution in [3.8, 4) is 0 Å². The van der Waals surface area contributed by atoms with Crippen LogP contribution in [0, 0.1) is 0 Å². The smallest absolute Gasteiger partial charge is 0.217 e. The molecule has 5 saturated heterocycles. The summed E-state index contributed by atoms with van der Waals surface area (Å²) >= 11 is 0. The molecule has 16 N–H and O–H groups in total. The molecule has 26 heteroatoms. The van der Waals surface area contributed by atoms with E-state index < -0.39 is 186 Å². The average Bonchev–Trinajstić information content (AvgIpc) is 3.19. The van der Waals surface area contributed by atoms with E-state index in [2.05, 4.69) is 5.32 Å². The molecule has 25 atom stereocenters. The van der Waals surface area contributed by atoms with Gasteiger partial charge < -0.3 is 125 Å². The van der Waals surface area contributed by atoms with Crippen molar-refractivity contribution in [3.63, 3.8) is 0 Å². The van der Waals surface area contributed by atoms with Crippen molar-refractivity contribution < 1.29 is 124 Å². The van der Waals surface area contributed by atoms with Crippen molar-refractivity contribution in [3.05, 3.63) is 0 Å². The Morgan fingerprint density at radius 2 is 0.931 bits per heavy atom. The highest BCUT2D eigenvalue weighted by Gasteiger charge is 2.55. The zero-order valence-electron chi connectivity index (χ0n) is 31.1. The van der Waals surface area contributed by atoms with Crippen LogP contribution in [0.2, 0.25) is 0 Å². The number of ether oxygens (including phenoxy) is 9. The van der Waals surface area contributed by atoms with Gasteiger partial charge in [0.1, 0.15) is 116 Å². The molecule has 0 radical (unpaired) electrons. The normalized spacial score (nSPS) is 51.6. The third-order valence-corrected chi connectivity index (χ3v) is 10.7. The zero-order valence-corrected chi connectivity index (χ0v) is 31.1. The Labute approximate surface area is 329 Å². The molecule has 0 aliphatic carbocycles. The van der Waals surface area contributed by atoms with E-state index in [4.69, 9.17) is 42.6 Å². The van der Waals surface area contributed by atoms with Crippen molar-refractivity contribution >= 4 is 5.91 Å². The Hall–Kier alpha value is -1.49. The molecule has 0 saturated carbocycles. The predicted molar refractivity (Wildman–Crippen MR) is 177 cm³/mol. The first-order chi connectivity index (χ1) is 27.3.